The predicted octanol–water partition coefficient (Wildman–Crippen LogP) is 0.485. The van der Waals surface area contributed by atoms with Gasteiger partial charge in [0, 0.05) is 31.3 Å². The van der Waals surface area contributed by atoms with Gasteiger partial charge in [-0.1, -0.05) is 5.16 Å². The largest absolute Gasteiger partial charge is 0.389 e. The Morgan fingerprint density at radius 3 is 2.73 bits per heavy atom. The number of hydrogen-bond donors (Lipinski definition) is 0. The maximum atomic E-state index is 10.6. The maximum Gasteiger partial charge on any atom is 0.209 e. The van der Waals surface area contributed by atoms with E-state index in [1.54, 1.807) is 0 Å². The molecule has 2 aliphatic heterocycles. The van der Waals surface area contributed by atoms with Crippen molar-refractivity contribution in [3.8, 4) is 0 Å². The van der Waals surface area contributed by atoms with Crippen LogP contribution in [0.15, 0.2) is 5.16 Å². The third kappa shape index (κ3) is 0.880. The van der Waals surface area contributed by atoms with Crippen molar-refractivity contribution in [1.29, 1.82) is 0 Å². The molecule has 0 aromatic heterocycles. The summed E-state index contributed by atoms with van der Waals surface area (Å²) >= 11 is 0. The number of piperidine rings is 1. The summed E-state index contributed by atoms with van der Waals surface area (Å²) in [6.07, 6.45) is 2.12. The second kappa shape index (κ2) is 2.20. The average molecular weight is 206 g/mol. The number of likely N-dealkylation sites (tertiary alicyclic amines) is 1. The van der Waals surface area contributed by atoms with Gasteiger partial charge >= 0.3 is 0 Å². The van der Waals surface area contributed by atoms with Gasteiger partial charge in [0.25, 0.3) is 0 Å². The minimum Gasteiger partial charge on any atom is -0.389 e. The Kier molecular flexibility index (Phi) is 1.19. The van der Waals surface area contributed by atoms with Crippen molar-refractivity contribution < 1.29 is 9.63 Å². The quantitative estimate of drug-likeness (QED) is 0.617. The van der Waals surface area contributed by atoms with Crippen molar-refractivity contribution in [1.82, 2.24) is 4.90 Å². The predicted molar refractivity (Wildman–Crippen MR) is 53.1 cm³/mol. The van der Waals surface area contributed by atoms with E-state index in [1.807, 2.05) is 4.90 Å². The fourth-order valence-electron chi connectivity index (χ4n) is 3.46. The fourth-order valence-corrected chi connectivity index (χ4v) is 3.46. The molecule has 0 aromatic carbocycles. The normalized spacial score (nSPS) is 54.2. The lowest BCUT2D eigenvalue weighted by Crippen LogP contribution is -2.25. The van der Waals surface area contributed by atoms with Crippen molar-refractivity contribution in [2.75, 3.05) is 13.1 Å². The molecule has 0 spiro atoms. The van der Waals surface area contributed by atoms with E-state index < -0.39 is 0 Å². The second-order valence-corrected chi connectivity index (χ2v) is 5.59. The molecular formula is C11H14N2O2. The van der Waals surface area contributed by atoms with Gasteiger partial charge in [-0.2, -0.15) is 0 Å². The third-order valence-corrected chi connectivity index (χ3v) is 4.62. The molecule has 0 unspecified atom stereocenters. The monoisotopic (exact) mass is 206 g/mol. The van der Waals surface area contributed by atoms with Crippen LogP contribution in [0.1, 0.15) is 13.3 Å². The molecule has 5 atom stereocenters. The lowest BCUT2D eigenvalue weighted by Gasteiger charge is -2.13. The van der Waals surface area contributed by atoms with Gasteiger partial charge in [0.15, 0.2) is 0 Å². The number of fused-ring (bicyclic) bond motifs is 2. The Morgan fingerprint density at radius 2 is 2.27 bits per heavy atom. The molecule has 2 saturated carbocycles. The summed E-state index contributed by atoms with van der Waals surface area (Å²) in [5.74, 6) is 2.59. The zero-order valence-corrected chi connectivity index (χ0v) is 8.72. The minimum absolute atomic E-state index is 0.0521. The molecule has 4 rings (SSSR count). The van der Waals surface area contributed by atoms with Crippen LogP contribution < -0.4 is 0 Å². The highest BCUT2D eigenvalue weighted by molar-refractivity contribution is 5.96. The first-order valence-electron chi connectivity index (χ1n) is 5.68. The highest BCUT2D eigenvalue weighted by atomic mass is 16.7. The first-order valence-corrected chi connectivity index (χ1v) is 5.68. The van der Waals surface area contributed by atoms with Crippen LogP contribution in [0.25, 0.3) is 0 Å². The zero-order chi connectivity index (χ0) is 10.2. The van der Waals surface area contributed by atoms with E-state index in [1.165, 1.54) is 5.71 Å². The third-order valence-electron chi connectivity index (χ3n) is 4.62. The molecule has 2 heterocycles. The van der Waals surface area contributed by atoms with E-state index in [2.05, 4.69) is 12.1 Å². The van der Waals surface area contributed by atoms with Gasteiger partial charge in [-0.15, -0.1) is 0 Å². The smallest absolute Gasteiger partial charge is 0.209 e. The topological polar surface area (TPSA) is 41.9 Å². The highest BCUT2D eigenvalue weighted by Gasteiger charge is 2.68. The number of rotatable bonds is 2. The summed E-state index contributed by atoms with van der Waals surface area (Å²) in [6, 6.07) is 0. The van der Waals surface area contributed by atoms with Crippen molar-refractivity contribution in [3.63, 3.8) is 0 Å². The van der Waals surface area contributed by atoms with Crippen molar-refractivity contribution in [2.24, 2.45) is 28.8 Å². The Labute approximate surface area is 88.2 Å². The summed E-state index contributed by atoms with van der Waals surface area (Å²) in [5.41, 5.74) is 1.36. The van der Waals surface area contributed by atoms with Gasteiger partial charge in [-0.05, 0) is 18.8 Å². The van der Waals surface area contributed by atoms with Gasteiger partial charge in [0.2, 0.25) is 6.41 Å². The molecule has 0 aromatic rings. The van der Waals surface area contributed by atoms with Gasteiger partial charge in [0.05, 0.1) is 5.71 Å². The van der Waals surface area contributed by atoms with Gasteiger partial charge in [0.1, 0.15) is 5.60 Å². The molecule has 0 bridgehead atoms. The first-order chi connectivity index (χ1) is 7.23. The number of nitrogens with zero attached hydrogens (tertiary/aromatic N) is 2. The SMILES string of the molecule is C[C@@]12C[C@@H]1C([C@@H]1[C@@H]3CN(C=O)C[C@@H]31)=NO2. The molecule has 2 aliphatic carbocycles. The Morgan fingerprint density at radius 1 is 1.53 bits per heavy atom. The van der Waals surface area contributed by atoms with E-state index >= 15 is 0 Å². The zero-order valence-electron chi connectivity index (χ0n) is 8.72. The number of carbonyl (C=O) groups is 1. The number of hydrogen-bond acceptors (Lipinski definition) is 3. The Balaban J connectivity index is 1.49. The van der Waals surface area contributed by atoms with Crippen LogP contribution >= 0.6 is 0 Å². The maximum absolute atomic E-state index is 10.6. The van der Waals surface area contributed by atoms with Gasteiger partial charge in [-0.25, -0.2) is 0 Å². The molecule has 3 fully saturated rings. The number of carbonyl (C=O) groups excluding carboxylic acids is 1. The molecule has 1 saturated heterocycles. The van der Waals surface area contributed by atoms with E-state index in [9.17, 15) is 4.79 Å². The van der Waals surface area contributed by atoms with Crippen molar-refractivity contribution in [3.05, 3.63) is 0 Å². The molecule has 0 N–H and O–H groups in total. The summed E-state index contributed by atoms with van der Waals surface area (Å²) < 4.78 is 0. The number of oxime groups is 1. The highest BCUT2D eigenvalue weighted by Crippen LogP contribution is 2.61. The van der Waals surface area contributed by atoms with E-state index in [0.717, 1.165) is 25.9 Å². The Hall–Kier alpha value is -1.06. The van der Waals surface area contributed by atoms with Crippen molar-refractivity contribution >= 4 is 12.1 Å². The molecule has 15 heavy (non-hydrogen) atoms. The van der Waals surface area contributed by atoms with Crippen LogP contribution in [-0.2, 0) is 9.63 Å². The molecule has 80 valence electrons. The van der Waals surface area contributed by atoms with Gasteiger partial charge in [-0.3, -0.25) is 4.79 Å². The number of amides is 1. The van der Waals surface area contributed by atoms with Crippen LogP contribution in [-0.4, -0.2) is 35.7 Å². The van der Waals surface area contributed by atoms with E-state index in [-0.39, 0.29) is 5.60 Å². The van der Waals surface area contributed by atoms with Crippen LogP contribution in [0.5, 0.6) is 0 Å². The second-order valence-electron chi connectivity index (χ2n) is 5.59. The first kappa shape index (κ1) is 8.13. The summed E-state index contributed by atoms with van der Waals surface area (Å²) in [6.45, 7) is 4.01. The molecular weight excluding hydrogens is 192 g/mol. The van der Waals surface area contributed by atoms with Crippen LogP contribution in [0.2, 0.25) is 0 Å². The summed E-state index contributed by atoms with van der Waals surface area (Å²) in [7, 11) is 0. The molecule has 0 radical (unpaired) electrons. The van der Waals surface area contributed by atoms with Crippen molar-refractivity contribution in [2.45, 2.75) is 18.9 Å². The standard InChI is InChI=1S/C11H14N2O2/c1-11-2-8(11)10(12-15-11)9-6-3-13(5-14)4-7(6)9/h5-9H,2-4H2,1H3/t6-,7+,8-,9-,11-/m1/s1. The van der Waals surface area contributed by atoms with E-state index in [4.69, 9.17) is 4.84 Å². The van der Waals surface area contributed by atoms with E-state index in [0.29, 0.717) is 23.7 Å². The Bertz CT molecular complexity index is 369. The lowest BCUT2D eigenvalue weighted by molar-refractivity contribution is -0.117. The van der Waals surface area contributed by atoms with Crippen LogP contribution in [0.4, 0.5) is 0 Å². The minimum atomic E-state index is 0.0521. The average Bonchev–Trinajstić information content (AvgIpc) is 2.99. The molecule has 4 nitrogen and oxygen atoms in total. The summed E-state index contributed by atoms with van der Waals surface area (Å²) in [4.78, 5) is 17.9. The molecule has 4 heteroatoms. The molecule has 1 amide bonds. The molecule has 4 aliphatic rings. The van der Waals surface area contributed by atoms with Crippen LogP contribution in [0.3, 0.4) is 0 Å². The lowest BCUT2D eigenvalue weighted by atomic mass is 10.1. The van der Waals surface area contributed by atoms with Gasteiger partial charge < -0.3 is 9.74 Å². The summed E-state index contributed by atoms with van der Waals surface area (Å²) in [5, 5.41) is 4.24. The van der Waals surface area contributed by atoms with Crippen LogP contribution in [0, 0.1) is 23.7 Å². The fraction of sp³-hybridized carbons (Fsp3) is 0.818.